The lowest BCUT2D eigenvalue weighted by atomic mass is 9.85. The molecule has 1 fully saturated rings. The van der Waals surface area contributed by atoms with Gasteiger partial charge < -0.3 is 10.1 Å². The van der Waals surface area contributed by atoms with Crippen LogP contribution < -0.4 is 10.1 Å². The zero-order valence-corrected chi connectivity index (χ0v) is 12.5. The van der Waals surface area contributed by atoms with E-state index >= 15 is 0 Å². The Kier molecular flexibility index (Phi) is 4.80. The van der Waals surface area contributed by atoms with Crippen LogP contribution in [-0.2, 0) is 0 Å². The third-order valence-electron chi connectivity index (χ3n) is 3.53. The van der Waals surface area contributed by atoms with Crippen LogP contribution in [0.4, 0.5) is 5.95 Å². The minimum Gasteiger partial charge on any atom is -0.473 e. The summed E-state index contributed by atoms with van der Waals surface area (Å²) >= 11 is 3.44. The average Bonchev–Trinajstić information content (AvgIpc) is 2.41. The number of rotatable bonds is 4. The second kappa shape index (κ2) is 6.36. The zero-order chi connectivity index (χ0) is 13.0. The number of hydrogen-bond acceptors (Lipinski definition) is 4. The van der Waals surface area contributed by atoms with Crippen molar-refractivity contribution < 1.29 is 4.74 Å². The molecule has 1 aromatic heterocycles. The molecule has 0 saturated heterocycles. The molecule has 4 nitrogen and oxygen atoms in total. The Labute approximate surface area is 117 Å². The van der Waals surface area contributed by atoms with Gasteiger partial charge in [0.2, 0.25) is 11.8 Å². The Morgan fingerprint density at radius 2 is 2.33 bits per heavy atom. The van der Waals surface area contributed by atoms with Crippen LogP contribution in [0.2, 0.25) is 0 Å². The molecule has 5 heteroatoms. The summed E-state index contributed by atoms with van der Waals surface area (Å²) < 4.78 is 6.84. The highest BCUT2D eigenvalue weighted by Gasteiger charge is 2.23. The number of hydrogen-bond donors (Lipinski definition) is 1. The van der Waals surface area contributed by atoms with E-state index in [0.717, 1.165) is 23.2 Å². The summed E-state index contributed by atoms with van der Waals surface area (Å²) in [6.45, 7) is 2.26. The standard InChI is InChI=1S/C13H20BrN3O/c1-3-9-5-4-6-10(7-9)18-12-11(14)8-16-13(15-2)17-12/h8-10H,3-7H2,1-2H3,(H,15,16,17). The first-order valence-electron chi connectivity index (χ1n) is 6.59. The molecule has 0 spiro atoms. The average molecular weight is 314 g/mol. The van der Waals surface area contributed by atoms with E-state index in [1.807, 2.05) is 0 Å². The molecule has 1 heterocycles. The summed E-state index contributed by atoms with van der Waals surface area (Å²) in [7, 11) is 1.81. The van der Waals surface area contributed by atoms with Crippen molar-refractivity contribution in [2.45, 2.75) is 45.1 Å². The third kappa shape index (κ3) is 3.34. The molecule has 0 amide bonds. The van der Waals surface area contributed by atoms with Crippen molar-refractivity contribution in [1.29, 1.82) is 0 Å². The summed E-state index contributed by atoms with van der Waals surface area (Å²) in [6.07, 6.45) is 8.12. The lowest BCUT2D eigenvalue weighted by Crippen LogP contribution is -2.25. The molecule has 1 saturated carbocycles. The van der Waals surface area contributed by atoms with Gasteiger partial charge in [-0.05, 0) is 41.1 Å². The predicted octanol–water partition coefficient (Wildman–Crippen LogP) is 3.63. The Balaban J connectivity index is 2.04. The van der Waals surface area contributed by atoms with Crippen molar-refractivity contribution in [2.75, 3.05) is 12.4 Å². The molecule has 1 aliphatic rings. The van der Waals surface area contributed by atoms with Crippen LogP contribution in [0.5, 0.6) is 5.88 Å². The monoisotopic (exact) mass is 313 g/mol. The molecule has 100 valence electrons. The van der Waals surface area contributed by atoms with Crippen LogP contribution in [0, 0.1) is 5.92 Å². The van der Waals surface area contributed by atoms with Gasteiger partial charge in [-0.15, -0.1) is 0 Å². The maximum absolute atomic E-state index is 6.02. The molecule has 0 aromatic carbocycles. The first-order chi connectivity index (χ1) is 8.72. The van der Waals surface area contributed by atoms with E-state index in [0.29, 0.717) is 17.9 Å². The fraction of sp³-hybridized carbons (Fsp3) is 0.692. The highest BCUT2D eigenvalue weighted by molar-refractivity contribution is 9.10. The number of anilines is 1. The molecule has 2 atom stereocenters. The van der Waals surface area contributed by atoms with Gasteiger partial charge in [0.25, 0.3) is 0 Å². The molecule has 0 bridgehead atoms. The van der Waals surface area contributed by atoms with Crippen LogP contribution in [0.1, 0.15) is 39.0 Å². The summed E-state index contributed by atoms with van der Waals surface area (Å²) in [6, 6.07) is 0. The van der Waals surface area contributed by atoms with Gasteiger partial charge in [0.15, 0.2) is 0 Å². The number of nitrogens with one attached hydrogen (secondary N) is 1. The van der Waals surface area contributed by atoms with Gasteiger partial charge in [-0.25, -0.2) is 4.98 Å². The van der Waals surface area contributed by atoms with E-state index in [4.69, 9.17) is 4.74 Å². The molecule has 0 radical (unpaired) electrons. The molecule has 2 rings (SSSR count). The SMILES string of the molecule is CCC1CCCC(Oc2nc(NC)ncc2Br)C1. The van der Waals surface area contributed by atoms with E-state index in [1.165, 1.54) is 19.3 Å². The lowest BCUT2D eigenvalue weighted by Gasteiger charge is -2.28. The predicted molar refractivity (Wildman–Crippen MR) is 75.9 cm³/mol. The zero-order valence-electron chi connectivity index (χ0n) is 10.9. The van der Waals surface area contributed by atoms with Gasteiger partial charge in [-0.3, -0.25) is 0 Å². The Morgan fingerprint density at radius 1 is 1.50 bits per heavy atom. The smallest absolute Gasteiger partial charge is 0.233 e. The van der Waals surface area contributed by atoms with Crippen molar-refractivity contribution in [3.63, 3.8) is 0 Å². The minimum absolute atomic E-state index is 0.291. The van der Waals surface area contributed by atoms with Crippen molar-refractivity contribution in [1.82, 2.24) is 9.97 Å². The van der Waals surface area contributed by atoms with Crippen molar-refractivity contribution in [3.05, 3.63) is 10.7 Å². The van der Waals surface area contributed by atoms with Gasteiger partial charge in [-0.2, -0.15) is 4.98 Å². The third-order valence-corrected chi connectivity index (χ3v) is 4.07. The quantitative estimate of drug-likeness (QED) is 0.922. The van der Waals surface area contributed by atoms with Crippen LogP contribution in [0.3, 0.4) is 0 Å². The summed E-state index contributed by atoms with van der Waals surface area (Å²) in [5, 5.41) is 2.93. The van der Waals surface area contributed by atoms with Crippen LogP contribution in [-0.4, -0.2) is 23.1 Å². The minimum atomic E-state index is 0.291. The first kappa shape index (κ1) is 13.6. The van der Waals surface area contributed by atoms with E-state index in [9.17, 15) is 0 Å². The number of halogens is 1. The maximum atomic E-state index is 6.02. The number of ether oxygens (including phenoxy) is 1. The lowest BCUT2D eigenvalue weighted by molar-refractivity contribution is 0.116. The van der Waals surface area contributed by atoms with Gasteiger partial charge in [0, 0.05) is 7.05 Å². The van der Waals surface area contributed by atoms with E-state index in [2.05, 4.69) is 38.1 Å². The van der Waals surface area contributed by atoms with Crippen LogP contribution in [0.15, 0.2) is 10.7 Å². The van der Waals surface area contributed by atoms with Gasteiger partial charge in [0.1, 0.15) is 6.10 Å². The molecule has 1 N–H and O–H groups in total. The van der Waals surface area contributed by atoms with Crippen LogP contribution >= 0.6 is 15.9 Å². The highest BCUT2D eigenvalue weighted by Crippen LogP contribution is 2.31. The normalized spacial score (nSPS) is 23.7. The van der Waals surface area contributed by atoms with E-state index < -0.39 is 0 Å². The topological polar surface area (TPSA) is 47.0 Å². The maximum Gasteiger partial charge on any atom is 0.233 e. The van der Waals surface area contributed by atoms with E-state index in [1.54, 1.807) is 13.2 Å². The Hall–Kier alpha value is -0.840. The second-order valence-corrected chi connectivity index (χ2v) is 5.63. The molecule has 1 aromatic rings. The molecular formula is C13H20BrN3O. The number of aromatic nitrogens is 2. The Morgan fingerprint density at radius 3 is 3.06 bits per heavy atom. The second-order valence-electron chi connectivity index (χ2n) is 4.78. The largest absolute Gasteiger partial charge is 0.473 e. The van der Waals surface area contributed by atoms with Crippen molar-refractivity contribution >= 4 is 21.9 Å². The van der Waals surface area contributed by atoms with E-state index in [-0.39, 0.29) is 0 Å². The van der Waals surface area contributed by atoms with Gasteiger partial charge in [-0.1, -0.05) is 19.8 Å². The first-order valence-corrected chi connectivity index (χ1v) is 7.39. The fourth-order valence-electron chi connectivity index (χ4n) is 2.43. The summed E-state index contributed by atoms with van der Waals surface area (Å²) in [4.78, 5) is 8.48. The Bertz CT molecular complexity index is 400. The molecule has 1 aliphatic carbocycles. The molecule has 0 aliphatic heterocycles. The van der Waals surface area contributed by atoms with Gasteiger partial charge in [0.05, 0.1) is 10.7 Å². The van der Waals surface area contributed by atoms with Gasteiger partial charge >= 0.3 is 0 Å². The van der Waals surface area contributed by atoms with Crippen molar-refractivity contribution in [3.8, 4) is 5.88 Å². The summed E-state index contributed by atoms with van der Waals surface area (Å²) in [5.41, 5.74) is 0. The van der Waals surface area contributed by atoms with Crippen LogP contribution in [0.25, 0.3) is 0 Å². The molecule has 2 unspecified atom stereocenters. The highest BCUT2D eigenvalue weighted by atomic mass is 79.9. The van der Waals surface area contributed by atoms with Crippen molar-refractivity contribution in [2.24, 2.45) is 5.92 Å². The number of nitrogens with zero attached hydrogens (tertiary/aromatic N) is 2. The molecule has 18 heavy (non-hydrogen) atoms. The summed E-state index contributed by atoms with van der Waals surface area (Å²) in [5.74, 6) is 2.04. The molecular weight excluding hydrogens is 294 g/mol. The fourth-order valence-corrected chi connectivity index (χ4v) is 2.72.